The molecule has 2 amide bonds. The van der Waals surface area contributed by atoms with Crippen molar-refractivity contribution in [2.75, 3.05) is 12.4 Å². The normalized spacial score (nSPS) is 27.7. The number of nitrogens with one attached hydrogen (secondary N) is 1. The third-order valence-electron chi connectivity index (χ3n) is 3.13. The van der Waals surface area contributed by atoms with E-state index in [2.05, 4.69) is 5.32 Å². The molecule has 4 nitrogen and oxygen atoms in total. The van der Waals surface area contributed by atoms with Gasteiger partial charge in [0.25, 0.3) is 5.91 Å². The zero-order valence-corrected chi connectivity index (χ0v) is 8.23. The molecule has 0 bridgehead atoms. The quantitative estimate of drug-likeness (QED) is 0.625. The molecule has 2 atom stereocenters. The first-order valence-electron chi connectivity index (χ1n) is 4.87. The molecule has 1 aromatic rings. The number of imide groups is 1. The van der Waals surface area contributed by atoms with E-state index in [0.717, 1.165) is 11.3 Å². The van der Waals surface area contributed by atoms with Crippen LogP contribution in [0.2, 0.25) is 0 Å². The van der Waals surface area contributed by atoms with E-state index in [1.807, 2.05) is 24.3 Å². The molecule has 2 aliphatic rings. The number of hydrogen-bond acceptors (Lipinski definition) is 3. The molecule has 0 radical (unpaired) electrons. The Morgan fingerprint density at radius 1 is 1.20 bits per heavy atom. The van der Waals surface area contributed by atoms with Crippen LogP contribution < -0.4 is 5.32 Å². The summed E-state index contributed by atoms with van der Waals surface area (Å²) in [5.41, 5.74) is 1.84. The van der Waals surface area contributed by atoms with Gasteiger partial charge in [-0.1, -0.05) is 18.2 Å². The molecular formula is C11H10N2O2. The average Bonchev–Trinajstić information content (AvgIpc) is 2.72. The van der Waals surface area contributed by atoms with Gasteiger partial charge in [-0.3, -0.25) is 14.5 Å². The summed E-state index contributed by atoms with van der Waals surface area (Å²) in [4.78, 5) is 24.7. The highest BCUT2D eigenvalue weighted by molar-refractivity contribution is 6.12. The van der Waals surface area contributed by atoms with Crippen molar-refractivity contribution in [2.24, 2.45) is 0 Å². The zero-order chi connectivity index (χ0) is 10.6. The third kappa shape index (κ3) is 0.909. The fraction of sp³-hybridized carbons (Fsp3) is 0.273. The van der Waals surface area contributed by atoms with Crippen LogP contribution in [-0.2, 0) is 9.59 Å². The van der Waals surface area contributed by atoms with Crippen molar-refractivity contribution in [2.45, 2.75) is 12.0 Å². The number of hydrogen-bond donors (Lipinski definition) is 1. The van der Waals surface area contributed by atoms with Crippen molar-refractivity contribution >= 4 is 17.5 Å². The fourth-order valence-corrected chi connectivity index (χ4v) is 2.34. The van der Waals surface area contributed by atoms with Crippen LogP contribution in [0.15, 0.2) is 24.3 Å². The minimum absolute atomic E-state index is 0.109. The summed E-state index contributed by atoms with van der Waals surface area (Å²) >= 11 is 0. The number of anilines is 1. The van der Waals surface area contributed by atoms with Gasteiger partial charge in [0, 0.05) is 12.7 Å². The lowest BCUT2D eigenvalue weighted by Crippen LogP contribution is -2.31. The maximum absolute atomic E-state index is 11.8. The van der Waals surface area contributed by atoms with Crippen molar-refractivity contribution in [1.29, 1.82) is 0 Å². The van der Waals surface area contributed by atoms with Gasteiger partial charge in [-0.2, -0.15) is 0 Å². The van der Waals surface area contributed by atoms with Crippen molar-refractivity contribution in [1.82, 2.24) is 4.90 Å². The molecule has 3 rings (SSSR count). The summed E-state index contributed by atoms with van der Waals surface area (Å²) in [6.07, 6.45) is 0. The predicted octanol–water partition coefficient (Wildman–Crippen LogP) is 0.563. The predicted molar refractivity (Wildman–Crippen MR) is 54.4 cm³/mol. The Bertz CT molecular complexity index is 469. The van der Waals surface area contributed by atoms with Crippen molar-refractivity contribution in [3.05, 3.63) is 29.8 Å². The number of rotatable bonds is 0. The number of likely N-dealkylation sites (tertiary alicyclic amines) is 1. The number of amides is 2. The first-order valence-corrected chi connectivity index (χ1v) is 4.87. The van der Waals surface area contributed by atoms with Crippen LogP contribution in [0, 0.1) is 0 Å². The molecule has 1 saturated heterocycles. The maximum atomic E-state index is 11.8. The number of fused-ring (bicyclic) bond motifs is 3. The Kier molecular flexibility index (Phi) is 1.46. The summed E-state index contributed by atoms with van der Waals surface area (Å²) in [6.45, 7) is 0. The van der Waals surface area contributed by atoms with Crippen LogP contribution in [0.1, 0.15) is 11.5 Å². The molecule has 0 aliphatic carbocycles. The number of benzene rings is 1. The molecule has 4 heteroatoms. The number of nitrogens with zero attached hydrogens (tertiary/aromatic N) is 1. The van der Waals surface area contributed by atoms with E-state index in [-0.39, 0.29) is 23.8 Å². The summed E-state index contributed by atoms with van der Waals surface area (Å²) < 4.78 is 0. The first kappa shape index (κ1) is 8.47. The molecule has 0 aromatic heterocycles. The monoisotopic (exact) mass is 202 g/mol. The van der Waals surface area contributed by atoms with Crippen LogP contribution >= 0.6 is 0 Å². The highest BCUT2D eigenvalue weighted by atomic mass is 16.2. The van der Waals surface area contributed by atoms with Gasteiger partial charge >= 0.3 is 0 Å². The van der Waals surface area contributed by atoms with Gasteiger partial charge in [0.05, 0.1) is 5.92 Å². The molecule has 76 valence electrons. The zero-order valence-electron chi connectivity index (χ0n) is 8.23. The topological polar surface area (TPSA) is 49.4 Å². The Morgan fingerprint density at radius 3 is 2.73 bits per heavy atom. The molecule has 1 fully saturated rings. The van der Waals surface area contributed by atoms with Crippen LogP contribution in [0.4, 0.5) is 5.69 Å². The number of carbonyl (C=O) groups is 2. The Morgan fingerprint density at radius 2 is 1.93 bits per heavy atom. The van der Waals surface area contributed by atoms with Crippen molar-refractivity contribution in [3.63, 3.8) is 0 Å². The lowest BCUT2D eigenvalue weighted by Gasteiger charge is -2.09. The van der Waals surface area contributed by atoms with Gasteiger partial charge < -0.3 is 5.32 Å². The first-order chi connectivity index (χ1) is 7.20. The minimum atomic E-state index is -0.389. The van der Waals surface area contributed by atoms with E-state index in [0.29, 0.717) is 0 Å². The lowest BCUT2D eigenvalue weighted by molar-refractivity contribution is -0.137. The van der Waals surface area contributed by atoms with E-state index in [9.17, 15) is 9.59 Å². The summed E-state index contributed by atoms with van der Waals surface area (Å²) in [5.74, 6) is -0.567. The van der Waals surface area contributed by atoms with Gasteiger partial charge in [-0.15, -0.1) is 0 Å². The van der Waals surface area contributed by atoms with Crippen LogP contribution in [0.25, 0.3) is 0 Å². The van der Waals surface area contributed by atoms with Gasteiger partial charge in [-0.25, -0.2) is 0 Å². The molecule has 0 saturated carbocycles. The SMILES string of the molecule is CN1C(=O)[C@@H]2Nc3ccccc3[C@@H]2C1=O. The standard InChI is InChI=1S/C11H10N2O2/c1-13-10(14)8-6-4-2-3-5-7(6)12-9(8)11(13)15/h2-5,8-9,12H,1H3/t8-,9+/m0/s1. The van der Waals surface area contributed by atoms with E-state index in [1.54, 1.807) is 0 Å². The molecule has 1 aromatic carbocycles. The van der Waals surface area contributed by atoms with Crippen LogP contribution in [-0.4, -0.2) is 29.8 Å². The molecule has 15 heavy (non-hydrogen) atoms. The second-order valence-corrected chi connectivity index (χ2v) is 3.92. The molecule has 1 N–H and O–H groups in total. The lowest BCUT2D eigenvalue weighted by atomic mass is 9.97. The second kappa shape index (κ2) is 2.59. The van der Waals surface area contributed by atoms with E-state index < -0.39 is 0 Å². The van der Waals surface area contributed by atoms with Crippen LogP contribution in [0.3, 0.4) is 0 Å². The number of para-hydroxylation sites is 1. The van der Waals surface area contributed by atoms with Gasteiger partial charge in [0.1, 0.15) is 6.04 Å². The summed E-state index contributed by atoms with van der Waals surface area (Å²) in [7, 11) is 1.54. The van der Waals surface area contributed by atoms with Gasteiger partial charge in [0.2, 0.25) is 5.91 Å². The van der Waals surface area contributed by atoms with E-state index >= 15 is 0 Å². The second-order valence-electron chi connectivity index (χ2n) is 3.92. The van der Waals surface area contributed by atoms with Crippen LogP contribution in [0.5, 0.6) is 0 Å². The molecule has 0 unspecified atom stereocenters. The summed E-state index contributed by atoms with van der Waals surface area (Å²) in [5, 5.41) is 3.09. The molecule has 0 spiro atoms. The third-order valence-corrected chi connectivity index (χ3v) is 3.13. The Balaban J connectivity index is 2.14. The molecule has 2 aliphatic heterocycles. The van der Waals surface area contributed by atoms with Crippen molar-refractivity contribution in [3.8, 4) is 0 Å². The average molecular weight is 202 g/mol. The minimum Gasteiger partial charge on any atom is -0.373 e. The molecular weight excluding hydrogens is 192 g/mol. The van der Waals surface area contributed by atoms with Gasteiger partial charge in [-0.05, 0) is 11.6 Å². The number of carbonyl (C=O) groups excluding carboxylic acids is 2. The number of likely N-dealkylation sites (N-methyl/N-ethyl adjacent to an activating group) is 1. The smallest absolute Gasteiger partial charge is 0.252 e. The maximum Gasteiger partial charge on any atom is 0.252 e. The summed E-state index contributed by atoms with van der Waals surface area (Å²) in [6, 6.07) is 7.19. The highest BCUT2D eigenvalue weighted by Gasteiger charge is 2.50. The van der Waals surface area contributed by atoms with E-state index in [4.69, 9.17) is 0 Å². The fourth-order valence-electron chi connectivity index (χ4n) is 2.34. The van der Waals surface area contributed by atoms with E-state index in [1.165, 1.54) is 11.9 Å². The largest absolute Gasteiger partial charge is 0.373 e. The molecule has 2 heterocycles. The van der Waals surface area contributed by atoms with Gasteiger partial charge in [0.15, 0.2) is 0 Å². The Hall–Kier alpha value is -1.84. The highest BCUT2D eigenvalue weighted by Crippen LogP contribution is 2.40. The van der Waals surface area contributed by atoms with Crippen molar-refractivity contribution < 1.29 is 9.59 Å². The Labute approximate surface area is 86.9 Å².